The number of hydrogen-bond donors (Lipinski definition) is 2. The van der Waals surface area contributed by atoms with Gasteiger partial charge in [-0.1, -0.05) is 15.9 Å². The van der Waals surface area contributed by atoms with Crippen LogP contribution in [0.25, 0.3) is 0 Å². The maximum absolute atomic E-state index is 13.7. The van der Waals surface area contributed by atoms with E-state index in [4.69, 9.17) is 4.74 Å². The quantitative estimate of drug-likeness (QED) is 0.874. The Bertz CT molecular complexity index is 676. The summed E-state index contributed by atoms with van der Waals surface area (Å²) in [6.45, 7) is 2.11. The summed E-state index contributed by atoms with van der Waals surface area (Å²) >= 11 is 3.19. The summed E-state index contributed by atoms with van der Waals surface area (Å²) in [7, 11) is 0. The molecule has 0 radical (unpaired) electrons. The van der Waals surface area contributed by atoms with Gasteiger partial charge in [0, 0.05) is 16.2 Å². The highest BCUT2D eigenvalue weighted by Gasteiger charge is 2.13. The number of benzene rings is 2. The average Bonchev–Trinajstić information content (AvgIpc) is 2.41. The lowest BCUT2D eigenvalue weighted by Crippen LogP contribution is -2.12. The second-order valence-corrected chi connectivity index (χ2v) is 5.11. The van der Waals surface area contributed by atoms with Crippen LogP contribution in [0, 0.1) is 5.82 Å². The van der Waals surface area contributed by atoms with E-state index < -0.39 is 11.7 Å². The smallest absolute Gasteiger partial charge is 0.259 e. The van der Waals surface area contributed by atoms with Gasteiger partial charge in [-0.05, 0) is 37.3 Å². The monoisotopic (exact) mass is 353 g/mol. The van der Waals surface area contributed by atoms with E-state index in [0.717, 1.165) is 0 Å². The lowest BCUT2D eigenvalue weighted by Gasteiger charge is -2.09. The van der Waals surface area contributed by atoms with Crippen LogP contribution in [0.2, 0.25) is 0 Å². The van der Waals surface area contributed by atoms with Crippen LogP contribution in [0.5, 0.6) is 11.5 Å². The number of nitrogens with one attached hydrogen (secondary N) is 1. The zero-order valence-corrected chi connectivity index (χ0v) is 12.8. The predicted octanol–water partition coefficient (Wildman–Crippen LogP) is 3.94. The summed E-state index contributed by atoms with van der Waals surface area (Å²) in [5.41, 5.74) is 0.385. The van der Waals surface area contributed by atoms with Gasteiger partial charge in [-0.2, -0.15) is 0 Å². The molecule has 0 unspecified atom stereocenters. The molecule has 2 N–H and O–H groups in total. The zero-order valence-electron chi connectivity index (χ0n) is 11.2. The number of ether oxygens (including phenoxy) is 1. The number of aromatic hydroxyl groups is 1. The molecule has 21 heavy (non-hydrogen) atoms. The molecule has 0 aliphatic carbocycles. The molecule has 0 aromatic heterocycles. The molecule has 110 valence electrons. The lowest BCUT2D eigenvalue weighted by atomic mass is 10.2. The molecule has 6 heteroatoms. The van der Waals surface area contributed by atoms with Crippen LogP contribution < -0.4 is 10.1 Å². The summed E-state index contributed by atoms with van der Waals surface area (Å²) in [5, 5.41) is 12.2. The molecular formula is C15H13BrFNO3. The van der Waals surface area contributed by atoms with Crippen LogP contribution >= 0.6 is 15.9 Å². The van der Waals surface area contributed by atoms with Gasteiger partial charge in [0.05, 0.1) is 12.2 Å². The fourth-order valence-electron chi connectivity index (χ4n) is 1.75. The van der Waals surface area contributed by atoms with E-state index in [-0.39, 0.29) is 22.7 Å². The Morgan fingerprint density at radius 1 is 1.33 bits per heavy atom. The van der Waals surface area contributed by atoms with Gasteiger partial charge in [0.2, 0.25) is 0 Å². The van der Waals surface area contributed by atoms with Gasteiger partial charge >= 0.3 is 0 Å². The van der Waals surface area contributed by atoms with Crippen molar-refractivity contribution in [3.8, 4) is 11.5 Å². The number of hydrogen-bond acceptors (Lipinski definition) is 3. The fraction of sp³-hybridized carbons (Fsp3) is 0.133. The average molecular weight is 354 g/mol. The molecule has 0 fully saturated rings. The Hall–Kier alpha value is -2.08. The van der Waals surface area contributed by atoms with Crippen LogP contribution in [0.4, 0.5) is 10.1 Å². The molecule has 0 spiro atoms. The minimum absolute atomic E-state index is 0.104. The third-order valence-electron chi connectivity index (χ3n) is 2.69. The third kappa shape index (κ3) is 3.72. The second kappa shape index (κ2) is 6.58. The second-order valence-electron chi connectivity index (χ2n) is 4.19. The Morgan fingerprint density at radius 3 is 2.71 bits per heavy atom. The van der Waals surface area contributed by atoms with E-state index >= 15 is 0 Å². The molecule has 0 heterocycles. The largest absolute Gasteiger partial charge is 0.507 e. The van der Waals surface area contributed by atoms with Gasteiger partial charge in [-0.3, -0.25) is 4.79 Å². The number of rotatable bonds is 4. The van der Waals surface area contributed by atoms with E-state index in [0.29, 0.717) is 11.1 Å². The maximum atomic E-state index is 13.7. The number of phenolic OH excluding ortho intramolecular Hbond substituents is 1. The highest BCUT2D eigenvalue weighted by atomic mass is 79.9. The topological polar surface area (TPSA) is 58.6 Å². The van der Waals surface area contributed by atoms with Crippen molar-refractivity contribution in [3.05, 3.63) is 52.3 Å². The SMILES string of the molecule is CCOc1ccc(NC(=O)c2ccc(Br)cc2O)cc1F. The first-order chi connectivity index (χ1) is 10.0. The fourth-order valence-corrected chi connectivity index (χ4v) is 2.10. The summed E-state index contributed by atoms with van der Waals surface area (Å²) in [5.74, 6) is -1.12. The molecule has 0 saturated carbocycles. The zero-order chi connectivity index (χ0) is 15.4. The van der Waals surface area contributed by atoms with Crippen molar-refractivity contribution in [1.82, 2.24) is 0 Å². The summed E-state index contributed by atoms with van der Waals surface area (Å²) in [4.78, 5) is 12.0. The van der Waals surface area contributed by atoms with Gasteiger partial charge < -0.3 is 15.2 Å². The minimum atomic E-state index is -0.560. The van der Waals surface area contributed by atoms with Crippen LogP contribution in [0.3, 0.4) is 0 Å². The van der Waals surface area contributed by atoms with Crippen LogP contribution in [0.1, 0.15) is 17.3 Å². The van der Waals surface area contributed by atoms with Crippen molar-refractivity contribution in [1.29, 1.82) is 0 Å². The molecule has 2 rings (SSSR count). The standard InChI is InChI=1S/C15H13BrFNO3/c1-2-21-14-6-4-10(8-12(14)17)18-15(20)11-5-3-9(16)7-13(11)19/h3-8,19H,2H2,1H3,(H,18,20). The number of phenols is 1. The molecular weight excluding hydrogens is 341 g/mol. The Balaban J connectivity index is 2.17. The van der Waals surface area contributed by atoms with E-state index in [9.17, 15) is 14.3 Å². The number of anilines is 1. The minimum Gasteiger partial charge on any atom is -0.507 e. The van der Waals surface area contributed by atoms with Crippen molar-refractivity contribution in [3.63, 3.8) is 0 Å². The van der Waals surface area contributed by atoms with Crippen LogP contribution in [0.15, 0.2) is 40.9 Å². The first kappa shape index (κ1) is 15.3. The van der Waals surface area contributed by atoms with Crippen LogP contribution in [-0.4, -0.2) is 17.6 Å². The van der Waals surface area contributed by atoms with E-state index in [1.807, 2.05) is 0 Å². The summed E-state index contributed by atoms with van der Waals surface area (Å²) in [6, 6.07) is 8.65. The summed E-state index contributed by atoms with van der Waals surface area (Å²) < 4.78 is 19.4. The first-order valence-electron chi connectivity index (χ1n) is 6.23. The summed E-state index contributed by atoms with van der Waals surface area (Å²) in [6.07, 6.45) is 0. The van der Waals surface area contributed by atoms with Gasteiger partial charge in [0.15, 0.2) is 11.6 Å². The predicted molar refractivity (Wildman–Crippen MR) is 81.3 cm³/mol. The highest BCUT2D eigenvalue weighted by Crippen LogP contribution is 2.25. The molecule has 0 saturated heterocycles. The molecule has 0 atom stereocenters. The maximum Gasteiger partial charge on any atom is 0.259 e. The van der Waals surface area contributed by atoms with Crippen molar-refractivity contribution in [2.24, 2.45) is 0 Å². The van der Waals surface area contributed by atoms with Gasteiger partial charge in [0.25, 0.3) is 5.91 Å². The van der Waals surface area contributed by atoms with Crippen molar-refractivity contribution in [2.45, 2.75) is 6.92 Å². The molecule has 4 nitrogen and oxygen atoms in total. The van der Waals surface area contributed by atoms with Crippen molar-refractivity contribution < 1.29 is 19.0 Å². The number of carbonyl (C=O) groups excluding carboxylic acids is 1. The van der Waals surface area contributed by atoms with Gasteiger partial charge in [0.1, 0.15) is 5.75 Å². The Morgan fingerprint density at radius 2 is 2.10 bits per heavy atom. The van der Waals surface area contributed by atoms with Crippen LogP contribution in [-0.2, 0) is 0 Å². The molecule has 2 aromatic carbocycles. The lowest BCUT2D eigenvalue weighted by molar-refractivity contribution is 0.102. The van der Waals surface area contributed by atoms with E-state index in [1.54, 1.807) is 13.0 Å². The molecule has 2 aromatic rings. The first-order valence-corrected chi connectivity index (χ1v) is 7.02. The Kier molecular flexibility index (Phi) is 4.80. The van der Waals surface area contributed by atoms with Gasteiger partial charge in [-0.25, -0.2) is 4.39 Å². The van der Waals surface area contributed by atoms with E-state index in [2.05, 4.69) is 21.2 Å². The normalized spacial score (nSPS) is 10.2. The molecule has 0 aliphatic rings. The number of amides is 1. The number of carbonyl (C=O) groups is 1. The van der Waals surface area contributed by atoms with E-state index in [1.165, 1.54) is 30.3 Å². The molecule has 1 amide bonds. The molecule has 0 bridgehead atoms. The van der Waals surface area contributed by atoms with Crippen molar-refractivity contribution in [2.75, 3.05) is 11.9 Å². The number of halogens is 2. The van der Waals surface area contributed by atoms with Gasteiger partial charge in [-0.15, -0.1) is 0 Å². The Labute approximate surface area is 129 Å². The van der Waals surface area contributed by atoms with Crippen molar-refractivity contribution >= 4 is 27.5 Å². The molecule has 0 aliphatic heterocycles. The third-order valence-corrected chi connectivity index (χ3v) is 3.19. The highest BCUT2D eigenvalue weighted by molar-refractivity contribution is 9.10.